The van der Waals surface area contributed by atoms with Gasteiger partial charge in [-0.1, -0.05) is 101 Å². The zero-order valence-electron chi connectivity index (χ0n) is 38.6. The SMILES string of the molecule is CC(C)c1ccc(N(c2ccc(C#N)cc2)c2ccc3c4c(n5c3c2C2=CC=CCC25)C=C2c3ccc(N(c5ccc(C#N)cc5)c5ccc(C(C)C)cc5)c5c6ccccc6n(c35)[C@H]2C4)cc1. The largest absolute Gasteiger partial charge is 0.332 e. The van der Waals surface area contributed by atoms with Crippen LogP contribution in [0.3, 0.4) is 0 Å². The first kappa shape index (κ1) is 40.0. The maximum atomic E-state index is 9.76. The molecule has 0 saturated carbocycles. The van der Waals surface area contributed by atoms with Crippen LogP contribution in [0.1, 0.15) is 103 Å². The summed E-state index contributed by atoms with van der Waals surface area (Å²) in [6.45, 7) is 8.95. The highest BCUT2D eigenvalue weighted by atomic mass is 15.2. The van der Waals surface area contributed by atoms with Crippen LogP contribution in [0, 0.1) is 22.7 Å². The summed E-state index contributed by atoms with van der Waals surface area (Å²) in [7, 11) is 0. The Morgan fingerprint density at radius 1 is 0.559 bits per heavy atom. The van der Waals surface area contributed by atoms with E-state index in [1.807, 2.05) is 24.3 Å². The summed E-state index contributed by atoms with van der Waals surface area (Å²) in [6.07, 6.45) is 11.3. The summed E-state index contributed by atoms with van der Waals surface area (Å²) in [5.74, 6) is 0.849. The summed E-state index contributed by atoms with van der Waals surface area (Å²) in [6, 6.07) is 57.3. The zero-order valence-corrected chi connectivity index (χ0v) is 38.6. The van der Waals surface area contributed by atoms with E-state index < -0.39 is 0 Å². The third-order valence-electron chi connectivity index (χ3n) is 15.1. The highest BCUT2D eigenvalue weighted by Gasteiger charge is 2.42. The number of aromatic nitrogens is 2. The molecule has 0 radical (unpaired) electrons. The Labute approximate surface area is 396 Å². The van der Waals surface area contributed by atoms with Crippen molar-refractivity contribution in [1.82, 2.24) is 9.13 Å². The number of allylic oxidation sites excluding steroid dienone is 5. The van der Waals surface area contributed by atoms with Crippen molar-refractivity contribution in [2.45, 2.75) is 64.5 Å². The molecule has 7 aromatic carbocycles. The summed E-state index contributed by atoms with van der Waals surface area (Å²) in [5.41, 5.74) is 22.2. The molecular formula is C62H48N6. The lowest BCUT2D eigenvalue weighted by Crippen LogP contribution is -2.16. The van der Waals surface area contributed by atoms with Crippen molar-refractivity contribution >= 4 is 84.1 Å². The minimum atomic E-state index is 0.126. The van der Waals surface area contributed by atoms with Gasteiger partial charge >= 0.3 is 0 Å². The molecule has 0 spiro atoms. The van der Waals surface area contributed by atoms with Gasteiger partial charge in [-0.15, -0.1) is 0 Å². The first-order chi connectivity index (χ1) is 33.3. The molecule has 0 saturated heterocycles. The number of fused-ring (bicyclic) bond motifs is 12. The van der Waals surface area contributed by atoms with E-state index in [2.05, 4.69) is 204 Å². The summed E-state index contributed by atoms with van der Waals surface area (Å²) >= 11 is 0. The Hall–Kier alpha value is -8.32. The molecule has 0 fully saturated rings. The summed E-state index contributed by atoms with van der Waals surface area (Å²) in [5, 5.41) is 23.3. The van der Waals surface area contributed by atoms with Crippen LogP contribution in [0.15, 0.2) is 164 Å². The standard InChI is InChI=1S/C62H48N6/c1-37(2)41-17-25-45(26-18-41)65(43-21-13-39(35-63)14-22-43)55-31-29-47-51-33-58-52(34-57(51)67-53-11-7-5-9-49(53)59(55)61(47)67)48-30-32-56(60-50-10-6-8-12-54(50)68(58)62(48)60)66(44-23-15-40(36-64)16-24-44)46-27-19-42(20-28-46)38(3)4/h5-11,13-33,37-38,54,57H,12,34H2,1-4H3/t54?,57-/m0/s1. The maximum absolute atomic E-state index is 9.76. The van der Waals surface area contributed by atoms with Crippen molar-refractivity contribution < 1.29 is 0 Å². The lowest BCUT2D eigenvalue weighted by Gasteiger charge is -2.29. The molecule has 6 nitrogen and oxygen atoms in total. The number of nitriles is 2. The number of nitrogens with zero attached hydrogens (tertiary/aromatic N) is 6. The van der Waals surface area contributed by atoms with E-state index in [1.54, 1.807) is 0 Å². The molecule has 326 valence electrons. The molecule has 2 aromatic heterocycles. The highest BCUT2D eigenvalue weighted by Crippen LogP contribution is 2.59. The summed E-state index contributed by atoms with van der Waals surface area (Å²) < 4.78 is 5.31. The van der Waals surface area contributed by atoms with E-state index in [0.29, 0.717) is 23.0 Å². The van der Waals surface area contributed by atoms with Crippen molar-refractivity contribution in [2.24, 2.45) is 0 Å². The number of anilines is 6. The van der Waals surface area contributed by atoms with Gasteiger partial charge in [-0.3, -0.25) is 0 Å². The molecule has 13 rings (SSSR count). The van der Waals surface area contributed by atoms with Crippen LogP contribution < -0.4 is 9.80 Å². The Bertz CT molecular complexity index is 3750. The van der Waals surface area contributed by atoms with Gasteiger partial charge in [-0.05, 0) is 143 Å². The maximum Gasteiger partial charge on any atom is 0.0991 e. The first-order valence-corrected chi connectivity index (χ1v) is 24.0. The Balaban J connectivity index is 1.01. The van der Waals surface area contributed by atoms with Crippen LogP contribution >= 0.6 is 0 Å². The molecule has 2 aliphatic heterocycles. The fourth-order valence-corrected chi connectivity index (χ4v) is 11.9. The number of hydrogen-bond acceptors (Lipinski definition) is 4. The first-order valence-electron chi connectivity index (χ1n) is 24.0. The average molecular weight is 877 g/mol. The molecule has 2 aliphatic carbocycles. The number of rotatable bonds is 8. The number of benzene rings is 7. The van der Waals surface area contributed by atoms with Crippen molar-refractivity contribution in [3.63, 3.8) is 0 Å². The molecule has 4 aliphatic rings. The quantitative estimate of drug-likeness (QED) is 0.153. The second-order valence-electron chi connectivity index (χ2n) is 19.4. The number of hydrogen-bond donors (Lipinski definition) is 0. The van der Waals surface area contributed by atoms with Crippen LogP contribution in [0.25, 0.3) is 49.9 Å². The molecule has 68 heavy (non-hydrogen) atoms. The monoisotopic (exact) mass is 876 g/mol. The van der Waals surface area contributed by atoms with Crippen LogP contribution in [0.2, 0.25) is 0 Å². The van der Waals surface area contributed by atoms with E-state index >= 15 is 0 Å². The molecule has 1 unspecified atom stereocenters. The Morgan fingerprint density at radius 2 is 1.13 bits per heavy atom. The van der Waals surface area contributed by atoms with Crippen molar-refractivity contribution in [3.8, 4) is 12.1 Å². The van der Waals surface area contributed by atoms with Gasteiger partial charge in [0, 0.05) is 67.7 Å². The van der Waals surface area contributed by atoms with Gasteiger partial charge in [-0.25, -0.2) is 0 Å². The van der Waals surface area contributed by atoms with Crippen molar-refractivity contribution in [2.75, 3.05) is 9.80 Å². The normalized spacial score (nSPS) is 16.2. The molecule has 0 N–H and O–H groups in total. The van der Waals surface area contributed by atoms with E-state index in [9.17, 15) is 10.5 Å². The fourth-order valence-electron chi connectivity index (χ4n) is 11.9. The van der Waals surface area contributed by atoms with Crippen LogP contribution in [0.4, 0.5) is 34.1 Å². The predicted molar refractivity (Wildman–Crippen MR) is 280 cm³/mol. The smallest absolute Gasteiger partial charge is 0.0991 e. The second kappa shape index (κ2) is 15.1. The minimum Gasteiger partial charge on any atom is -0.332 e. The van der Waals surface area contributed by atoms with Gasteiger partial charge < -0.3 is 18.9 Å². The lowest BCUT2D eigenvalue weighted by molar-refractivity contribution is 0.636. The molecule has 6 heteroatoms. The van der Waals surface area contributed by atoms with E-state index in [0.717, 1.165) is 47.0 Å². The summed E-state index contributed by atoms with van der Waals surface area (Å²) in [4.78, 5) is 4.76. The molecule has 2 atom stereocenters. The molecular weight excluding hydrogens is 829 g/mol. The van der Waals surface area contributed by atoms with Gasteiger partial charge in [0.25, 0.3) is 0 Å². The second-order valence-corrected chi connectivity index (χ2v) is 19.4. The Kier molecular flexibility index (Phi) is 8.89. The van der Waals surface area contributed by atoms with Crippen molar-refractivity contribution in [1.29, 1.82) is 10.5 Å². The van der Waals surface area contributed by atoms with E-state index in [4.69, 9.17) is 0 Å². The molecule has 0 amide bonds. The van der Waals surface area contributed by atoms with E-state index in [-0.39, 0.29) is 12.1 Å². The average Bonchev–Trinajstić information content (AvgIpc) is 4.11. The molecule has 4 heterocycles. The zero-order chi connectivity index (χ0) is 45.9. The number of para-hydroxylation sites is 1. The predicted octanol–water partition coefficient (Wildman–Crippen LogP) is 16.2. The van der Waals surface area contributed by atoms with Crippen molar-refractivity contribution in [3.05, 3.63) is 208 Å². The highest BCUT2D eigenvalue weighted by molar-refractivity contribution is 6.21. The molecule has 0 bridgehead atoms. The van der Waals surface area contributed by atoms with Crippen LogP contribution in [-0.4, -0.2) is 9.13 Å². The fraction of sp³-hybridized carbons (Fsp3) is 0.161. The van der Waals surface area contributed by atoms with Gasteiger partial charge in [0.1, 0.15) is 0 Å². The van der Waals surface area contributed by atoms with Gasteiger partial charge in [0.15, 0.2) is 0 Å². The minimum absolute atomic E-state index is 0.126. The topological polar surface area (TPSA) is 63.9 Å². The third-order valence-corrected chi connectivity index (χ3v) is 15.1. The van der Waals surface area contributed by atoms with Crippen LogP contribution in [0.5, 0.6) is 0 Å². The van der Waals surface area contributed by atoms with Crippen LogP contribution in [-0.2, 0) is 6.42 Å². The van der Waals surface area contributed by atoms with Gasteiger partial charge in [0.05, 0.1) is 57.8 Å². The van der Waals surface area contributed by atoms with E-state index in [1.165, 1.54) is 77.4 Å². The van der Waals surface area contributed by atoms with Gasteiger partial charge in [0.2, 0.25) is 0 Å². The Morgan fingerprint density at radius 3 is 1.74 bits per heavy atom. The van der Waals surface area contributed by atoms with Gasteiger partial charge in [-0.2, -0.15) is 10.5 Å². The third kappa shape index (κ3) is 5.74. The molecule has 9 aromatic rings. The lowest BCUT2D eigenvalue weighted by atomic mass is 9.86.